The SMILES string of the molecule is CCOc1ccc(COC(CCl)CCl)cc1. The Kier molecular flexibility index (Phi) is 6.62. The molecule has 0 saturated carbocycles. The lowest BCUT2D eigenvalue weighted by molar-refractivity contribution is 0.0701. The van der Waals surface area contributed by atoms with Crippen LogP contribution in [0.4, 0.5) is 0 Å². The van der Waals surface area contributed by atoms with E-state index in [-0.39, 0.29) is 6.10 Å². The van der Waals surface area contributed by atoms with E-state index in [4.69, 9.17) is 32.7 Å². The molecule has 0 spiro atoms. The van der Waals surface area contributed by atoms with E-state index in [1.165, 1.54) is 0 Å². The van der Waals surface area contributed by atoms with Crippen LogP contribution < -0.4 is 4.74 Å². The lowest BCUT2D eigenvalue weighted by Gasteiger charge is -2.12. The third-order valence-corrected chi connectivity index (χ3v) is 2.75. The van der Waals surface area contributed by atoms with E-state index in [0.717, 1.165) is 11.3 Å². The summed E-state index contributed by atoms with van der Waals surface area (Å²) in [5.74, 6) is 1.71. The average molecular weight is 263 g/mol. The zero-order valence-corrected chi connectivity index (χ0v) is 10.8. The lowest BCUT2D eigenvalue weighted by Crippen LogP contribution is -2.16. The standard InChI is InChI=1S/C12H16Cl2O2/c1-2-15-11-5-3-10(4-6-11)9-16-12(7-13)8-14/h3-6,12H,2,7-9H2,1H3. The summed E-state index contributed by atoms with van der Waals surface area (Å²) in [6, 6.07) is 7.81. The Bertz CT molecular complexity index is 284. The van der Waals surface area contributed by atoms with Crippen molar-refractivity contribution in [1.29, 1.82) is 0 Å². The van der Waals surface area contributed by atoms with Crippen LogP contribution in [0.1, 0.15) is 12.5 Å². The Morgan fingerprint density at radius 2 is 1.75 bits per heavy atom. The molecule has 0 saturated heterocycles. The van der Waals surface area contributed by atoms with Gasteiger partial charge in [-0.15, -0.1) is 23.2 Å². The van der Waals surface area contributed by atoms with Crippen LogP contribution in [0.5, 0.6) is 5.75 Å². The van der Waals surface area contributed by atoms with Crippen LogP contribution in [0.25, 0.3) is 0 Å². The predicted molar refractivity (Wildman–Crippen MR) is 67.6 cm³/mol. The third kappa shape index (κ3) is 4.60. The molecule has 0 bridgehead atoms. The van der Waals surface area contributed by atoms with Crippen molar-refractivity contribution in [3.8, 4) is 5.75 Å². The number of ether oxygens (including phenoxy) is 2. The second-order valence-corrected chi connectivity index (χ2v) is 3.94. The first kappa shape index (κ1) is 13.6. The molecule has 0 fully saturated rings. The highest BCUT2D eigenvalue weighted by atomic mass is 35.5. The number of rotatable bonds is 7. The Morgan fingerprint density at radius 3 is 2.25 bits per heavy atom. The molecule has 0 heterocycles. The number of hydrogen-bond donors (Lipinski definition) is 0. The van der Waals surface area contributed by atoms with E-state index in [1.807, 2.05) is 31.2 Å². The van der Waals surface area contributed by atoms with Crippen LogP contribution in [-0.2, 0) is 11.3 Å². The maximum absolute atomic E-state index is 5.67. The predicted octanol–water partition coefficient (Wildman–Crippen LogP) is 3.45. The Morgan fingerprint density at radius 1 is 1.12 bits per heavy atom. The fourth-order valence-electron chi connectivity index (χ4n) is 1.19. The average Bonchev–Trinajstić information content (AvgIpc) is 2.33. The monoisotopic (exact) mass is 262 g/mol. The van der Waals surface area contributed by atoms with Crippen molar-refractivity contribution in [2.45, 2.75) is 19.6 Å². The molecular formula is C12H16Cl2O2. The molecule has 16 heavy (non-hydrogen) atoms. The van der Waals surface area contributed by atoms with E-state index in [9.17, 15) is 0 Å². The molecule has 0 N–H and O–H groups in total. The van der Waals surface area contributed by atoms with Crippen molar-refractivity contribution in [2.75, 3.05) is 18.4 Å². The molecule has 0 radical (unpaired) electrons. The van der Waals surface area contributed by atoms with Crippen molar-refractivity contribution in [3.63, 3.8) is 0 Å². The fraction of sp³-hybridized carbons (Fsp3) is 0.500. The first-order valence-electron chi connectivity index (χ1n) is 5.25. The van der Waals surface area contributed by atoms with Gasteiger partial charge in [0, 0.05) is 11.8 Å². The van der Waals surface area contributed by atoms with Crippen molar-refractivity contribution < 1.29 is 9.47 Å². The van der Waals surface area contributed by atoms with Gasteiger partial charge in [0.25, 0.3) is 0 Å². The van der Waals surface area contributed by atoms with Gasteiger partial charge in [0.15, 0.2) is 0 Å². The van der Waals surface area contributed by atoms with Crippen molar-refractivity contribution in [2.24, 2.45) is 0 Å². The Labute approximate surface area is 106 Å². The molecule has 0 aliphatic heterocycles. The first-order chi connectivity index (χ1) is 7.80. The second kappa shape index (κ2) is 7.77. The van der Waals surface area contributed by atoms with Gasteiger partial charge in [-0.25, -0.2) is 0 Å². The molecule has 1 aromatic rings. The fourth-order valence-corrected chi connectivity index (χ4v) is 1.70. The number of hydrogen-bond acceptors (Lipinski definition) is 2. The molecule has 1 aromatic carbocycles. The van der Waals surface area contributed by atoms with E-state index in [0.29, 0.717) is 25.0 Å². The normalized spacial score (nSPS) is 10.8. The molecule has 0 atom stereocenters. The highest BCUT2D eigenvalue weighted by Gasteiger charge is 2.05. The maximum atomic E-state index is 5.67. The van der Waals surface area contributed by atoms with Gasteiger partial charge in [-0.05, 0) is 24.6 Å². The van der Waals surface area contributed by atoms with Crippen LogP contribution in [0, 0.1) is 0 Å². The van der Waals surface area contributed by atoms with Gasteiger partial charge in [-0.3, -0.25) is 0 Å². The lowest BCUT2D eigenvalue weighted by atomic mass is 10.2. The van der Waals surface area contributed by atoms with Crippen LogP contribution in [-0.4, -0.2) is 24.5 Å². The minimum Gasteiger partial charge on any atom is -0.494 e. The molecule has 0 amide bonds. The molecule has 4 heteroatoms. The molecule has 0 aliphatic rings. The van der Waals surface area contributed by atoms with E-state index < -0.39 is 0 Å². The number of halogens is 2. The van der Waals surface area contributed by atoms with Gasteiger partial charge in [0.2, 0.25) is 0 Å². The summed E-state index contributed by atoms with van der Waals surface area (Å²) < 4.78 is 10.9. The van der Waals surface area contributed by atoms with Gasteiger partial charge in [-0.2, -0.15) is 0 Å². The van der Waals surface area contributed by atoms with E-state index >= 15 is 0 Å². The van der Waals surface area contributed by atoms with Crippen LogP contribution >= 0.6 is 23.2 Å². The molecule has 0 unspecified atom stereocenters. The van der Waals surface area contributed by atoms with Gasteiger partial charge in [0.1, 0.15) is 5.75 Å². The summed E-state index contributed by atoms with van der Waals surface area (Å²) in [5.41, 5.74) is 1.09. The maximum Gasteiger partial charge on any atom is 0.119 e. The van der Waals surface area contributed by atoms with E-state index in [2.05, 4.69) is 0 Å². The van der Waals surface area contributed by atoms with Crippen LogP contribution in [0.2, 0.25) is 0 Å². The summed E-state index contributed by atoms with van der Waals surface area (Å²) >= 11 is 11.3. The highest BCUT2D eigenvalue weighted by molar-refractivity contribution is 6.21. The van der Waals surface area contributed by atoms with Gasteiger partial charge < -0.3 is 9.47 Å². The van der Waals surface area contributed by atoms with Gasteiger partial charge in [-0.1, -0.05) is 12.1 Å². The first-order valence-corrected chi connectivity index (χ1v) is 6.32. The van der Waals surface area contributed by atoms with E-state index in [1.54, 1.807) is 0 Å². The van der Waals surface area contributed by atoms with Gasteiger partial charge in [0.05, 0.1) is 19.3 Å². The van der Waals surface area contributed by atoms with Crippen molar-refractivity contribution in [3.05, 3.63) is 29.8 Å². The molecule has 90 valence electrons. The summed E-state index contributed by atoms with van der Waals surface area (Å²) in [5, 5.41) is 0. The summed E-state index contributed by atoms with van der Waals surface area (Å²) in [7, 11) is 0. The smallest absolute Gasteiger partial charge is 0.119 e. The Balaban J connectivity index is 2.42. The summed E-state index contributed by atoms with van der Waals surface area (Å²) in [6.45, 7) is 3.16. The zero-order chi connectivity index (χ0) is 11.8. The molecule has 1 rings (SSSR count). The zero-order valence-electron chi connectivity index (χ0n) is 9.29. The summed E-state index contributed by atoms with van der Waals surface area (Å²) in [6.07, 6.45) is -0.0881. The van der Waals surface area contributed by atoms with Crippen molar-refractivity contribution in [1.82, 2.24) is 0 Å². The van der Waals surface area contributed by atoms with Crippen LogP contribution in [0.3, 0.4) is 0 Å². The molecule has 0 aliphatic carbocycles. The topological polar surface area (TPSA) is 18.5 Å². The number of benzene rings is 1. The second-order valence-electron chi connectivity index (χ2n) is 3.32. The quantitative estimate of drug-likeness (QED) is 0.701. The summed E-state index contributed by atoms with van der Waals surface area (Å²) in [4.78, 5) is 0. The van der Waals surface area contributed by atoms with Crippen LogP contribution in [0.15, 0.2) is 24.3 Å². The largest absolute Gasteiger partial charge is 0.494 e. The number of alkyl halides is 2. The minimum absolute atomic E-state index is 0.0881. The minimum atomic E-state index is -0.0881. The molecule has 2 nitrogen and oxygen atoms in total. The highest BCUT2D eigenvalue weighted by Crippen LogP contribution is 2.13. The van der Waals surface area contributed by atoms with Crippen molar-refractivity contribution >= 4 is 23.2 Å². The Hall–Kier alpha value is -0.440. The van der Waals surface area contributed by atoms with Gasteiger partial charge >= 0.3 is 0 Å². The molecular weight excluding hydrogens is 247 g/mol. The molecule has 0 aromatic heterocycles. The third-order valence-electron chi connectivity index (χ3n) is 2.06.